The molecule has 0 aromatic heterocycles. The number of aliphatic hydroxyl groups is 4. The van der Waals surface area contributed by atoms with E-state index in [-0.39, 0.29) is 81.9 Å². The SMILES string of the molecule is COc1cccc2c1C(=O)c1c(O)c3c(c(O)c1C2=O)C[C@@](O)(C(C)=O)C[C@@H]3O[C@H]1C[C@H](NCc2ccc(CN[C@H]3C[C@H](O[C@H]4C[C@](O)(C(C)=O)Cc5c(O)c6c(c(O)c54)C(=O)c4c(OC)cccc4C6=O)O[C@@H](C)[C@H]3O)cc2)[C@H](O)[C@H](C)O1. The number of Topliss-reactive ketones (excluding diaryl/α,β-unsaturated/α-hetero) is 2. The fourth-order valence-corrected chi connectivity index (χ4v) is 12.9. The summed E-state index contributed by atoms with van der Waals surface area (Å²) in [7, 11) is 2.65. The molecule has 0 bridgehead atoms. The number of ether oxygens (including phenoxy) is 6. The molecule has 4 aliphatic carbocycles. The summed E-state index contributed by atoms with van der Waals surface area (Å²) in [5.41, 5.74) is -5.35. The van der Waals surface area contributed by atoms with E-state index in [4.69, 9.17) is 28.4 Å². The number of carbonyl (C=O) groups is 6. The van der Waals surface area contributed by atoms with Gasteiger partial charge in [-0.15, -0.1) is 0 Å². The van der Waals surface area contributed by atoms with Crippen molar-refractivity contribution < 1.29 is 98.0 Å². The highest BCUT2D eigenvalue weighted by Crippen LogP contribution is 2.55. The van der Waals surface area contributed by atoms with Crippen molar-refractivity contribution in [3.8, 4) is 34.5 Å². The number of nitrogens with one attached hydrogen (secondary N) is 2. The van der Waals surface area contributed by atoms with Gasteiger partial charge in [0.2, 0.25) is 11.6 Å². The van der Waals surface area contributed by atoms with Gasteiger partial charge in [-0.25, -0.2) is 0 Å². The van der Waals surface area contributed by atoms with Gasteiger partial charge in [0.15, 0.2) is 35.7 Å². The fourth-order valence-electron chi connectivity index (χ4n) is 12.9. The first kappa shape index (κ1) is 58.3. The van der Waals surface area contributed by atoms with Crippen molar-refractivity contribution in [3.05, 3.63) is 139 Å². The zero-order valence-corrected chi connectivity index (χ0v) is 46.7. The van der Waals surface area contributed by atoms with Crippen LogP contribution in [0.25, 0.3) is 0 Å². The number of aliphatic hydroxyl groups excluding tert-OH is 2. The molecule has 0 spiro atoms. The first-order valence-corrected chi connectivity index (χ1v) is 27.6. The zero-order valence-electron chi connectivity index (χ0n) is 46.7. The number of aromatic hydroxyl groups is 4. The molecule has 0 unspecified atom stereocenters. The molecule has 2 saturated heterocycles. The number of fused-ring (bicyclic) bond motifs is 6. The van der Waals surface area contributed by atoms with Crippen LogP contribution in [-0.2, 0) is 54.5 Å². The lowest BCUT2D eigenvalue weighted by Crippen LogP contribution is -2.54. The summed E-state index contributed by atoms with van der Waals surface area (Å²) in [6.07, 6.45) is -10.5. The number of methoxy groups -OCH3 is 2. The highest BCUT2D eigenvalue weighted by atomic mass is 16.7. The highest BCUT2D eigenvalue weighted by Gasteiger charge is 2.52. The second kappa shape index (κ2) is 21.9. The van der Waals surface area contributed by atoms with Crippen molar-refractivity contribution in [2.45, 2.75) is 152 Å². The Kier molecular flexibility index (Phi) is 15.2. The molecule has 84 heavy (non-hydrogen) atoms. The van der Waals surface area contributed by atoms with Gasteiger partial charge in [0.25, 0.3) is 0 Å². The third kappa shape index (κ3) is 9.63. The largest absolute Gasteiger partial charge is 0.507 e. The Labute approximate surface area is 480 Å². The lowest BCUT2D eigenvalue weighted by atomic mass is 9.72. The smallest absolute Gasteiger partial charge is 0.202 e. The lowest BCUT2D eigenvalue weighted by molar-refractivity contribution is -0.250. The van der Waals surface area contributed by atoms with Crippen LogP contribution < -0.4 is 20.1 Å². The first-order valence-electron chi connectivity index (χ1n) is 27.6. The number of hydrogen-bond acceptors (Lipinski definition) is 22. The summed E-state index contributed by atoms with van der Waals surface area (Å²) in [6.45, 7) is 6.11. The standard InChI is InChI=1S/C62H64N2O20/c1-25-51(67)35(17-41(81-25)83-39-21-61(77,27(3)65)19-33-45(39)59(75)49-47(55(33)71)53(69)31-9-7-11-37(79-5)43(31)57(49)73)63-23-29-13-15-30(16-14-29)24-64-36-18-42(82-26(2)52(36)68)84-40-22-62(78,28(4)66)20-34-46(40)60(76)50-48(56(34)72)54(70)32-10-8-12-38(80-6)44(32)58(50)74/h7-16,25-26,35-36,39-42,51-52,63-64,67-68,71-72,75-78H,17-24H2,1-6H3/t25-,26-,35-,36-,39-,40-,41-,42-,51+,52+,61-,62-/m0/s1. The fraction of sp³-hybridized carbons (Fsp3) is 0.419. The third-order valence-corrected chi connectivity index (χ3v) is 17.7. The molecule has 0 amide bonds. The van der Waals surface area contributed by atoms with Crippen LogP contribution in [0.2, 0.25) is 0 Å². The second-order valence-corrected chi connectivity index (χ2v) is 22.7. The monoisotopic (exact) mass is 1160 g/mol. The van der Waals surface area contributed by atoms with Gasteiger partial charge in [-0.1, -0.05) is 48.5 Å². The molecule has 2 fully saturated rings. The number of rotatable bonds is 14. The van der Waals surface area contributed by atoms with Crippen LogP contribution >= 0.6 is 0 Å². The molecule has 6 aliphatic rings. The van der Waals surface area contributed by atoms with Crippen molar-refractivity contribution in [2.24, 2.45) is 0 Å². The molecule has 10 N–H and O–H groups in total. The maximum absolute atomic E-state index is 14.1. The second-order valence-electron chi connectivity index (χ2n) is 22.7. The molecule has 2 heterocycles. The Morgan fingerprint density at radius 2 is 0.905 bits per heavy atom. The normalized spacial score (nSPS) is 28.7. The van der Waals surface area contributed by atoms with E-state index >= 15 is 0 Å². The Balaban J connectivity index is 0.763. The summed E-state index contributed by atoms with van der Waals surface area (Å²) >= 11 is 0. The van der Waals surface area contributed by atoms with Crippen molar-refractivity contribution in [1.29, 1.82) is 0 Å². The van der Waals surface area contributed by atoms with Crippen LogP contribution in [0.15, 0.2) is 60.7 Å². The molecule has 11 rings (SSSR count). The summed E-state index contributed by atoms with van der Waals surface area (Å²) < 4.78 is 35.9. The number of carbonyl (C=O) groups excluding carboxylic acids is 6. The van der Waals surface area contributed by atoms with E-state index in [2.05, 4.69) is 10.6 Å². The molecule has 5 aromatic carbocycles. The Bertz CT molecular complexity index is 3370. The van der Waals surface area contributed by atoms with Crippen molar-refractivity contribution in [1.82, 2.24) is 10.6 Å². The minimum atomic E-state index is -2.12. The average Bonchev–Trinajstić information content (AvgIpc) is 1.06. The molecule has 442 valence electrons. The first-order chi connectivity index (χ1) is 39.9. The van der Waals surface area contributed by atoms with Crippen LogP contribution in [0.5, 0.6) is 34.5 Å². The summed E-state index contributed by atoms with van der Waals surface area (Å²) in [5.74, 6) is -7.00. The molecule has 22 nitrogen and oxygen atoms in total. The van der Waals surface area contributed by atoms with Gasteiger partial charge in [0, 0.05) is 97.1 Å². The van der Waals surface area contributed by atoms with Gasteiger partial charge >= 0.3 is 0 Å². The molecule has 5 aromatic rings. The van der Waals surface area contributed by atoms with Crippen LogP contribution in [0.1, 0.15) is 163 Å². The van der Waals surface area contributed by atoms with Gasteiger partial charge in [0.1, 0.15) is 45.7 Å². The van der Waals surface area contributed by atoms with E-state index < -0.39 is 178 Å². The van der Waals surface area contributed by atoms with E-state index in [0.29, 0.717) is 0 Å². The maximum Gasteiger partial charge on any atom is 0.202 e. The average molecular weight is 1160 g/mol. The lowest BCUT2D eigenvalue weighted by Gasteiger charge is -2.43. The number of benzene rings is 5. The van der Waals surface area contributed by atoms with Gasteiger partial charge in [0.05, 0.1) is 84.2 Å². The predicted molar refractivity (Wildman–Crippen MR) is 292 cm³/mol. The van der Waals surface area contributed by atoms with Crippen molar-refractivity contribution in [3.63, 3.8) is 0 Å². The van der Waals surface area contributed by atoms with Crippen LogP contribution in [-0.4, -0.2) is 150 Å². The van der Waals surface area contributed by atoms with Crippen LogP contribution in [0, 0.1) is 0 Å². The predicted octanol–water partition coefficient (Wildman–Crippen LogP) is 4.03. The van der Waals surface area contributed by atoms with E-state index in [9.17, 15) is 69.6 Å². The van der Waals surface area contributed by atoms with Crippen molar-refractivity contribution >= 4 is 34.7 Å². The number of hydrogen-bond donors (Lipinski definition) is 10. The number of phenols is 4. The summed E-state index contributed by atoms with van der Waals surface area (Å²) in [4.78, 5) is 82.2. The van der Waals surface area contributed by atoms with Gasteiger partial charge in [-0.3, -0.25) is 28.8 Å². The van der Waals surface area contributed by atoms with Gasteiger partial charge < -0.3 is 79.9 Å². The molecule has 12 atom stereocenters. The zero-order chi connectivity index (χ0) is 60.2. The quantitative estimate of drug-likeness (QED) is 0.0687. The van der Waals surface area contributed by atoms with Crippen molar-refractivity contribution in [2.75, 3.05) is 14.2 Å². The topological polar surface area (TPSA) is 344 Å². The maximum atomic E-state index is 14.1. The molecular formula is C62H64N2O20. The molecule has 2 aliphatic heterocycles. The van der Waals surface area contributed by atoms with E-state index in [0.717, 1.165) is 25.0 Å². The highest BCUT2D eigenvalue weighted by molar-refractivity contribution is 6.32. The van der Waals surface area contributed by atoms with E-state index in [1.165, 1.54) is 50.6 Å². The third-order valence-electron chi connectivity index (χ3n) is 17.7. The summed E-state index contributed by atoms with van der Waals surface area (Å²) in [5, 5.41) is 100. The molecule has 0 saturated carbocycles. The Hall–Kier alpha value is -7.48. The number of phenolic OH excluding ortho intramolecular Hbond substituents is 4. The molecule has 0 radical (unpaired) electrons. The van der Waals surface area contributed by atoms with E-state index in [1.807, 2.05) is 24.3 Å². The van der Waals surface area contributed by atoms with Gasteiger partial charge in [-0.2, -0.15) is 0 Å². The van der Waals surface area contributed by atoms with E-state index in [1.54, 1.807) is 13.8 Å². The Morgan fingerprint density at radius 3 is 1.25 bits per heavy atom. The van der Waals surface area contributed by atoms with Crippen LogP contribution in [0.4, 0.5) is 0 Å². The molecule has 22 heteroatoms. The van der Waals surface area contributed by atoms with Crippen LogP contribution in [0.3, 0.4) is 0 Å². The molecular weight excluding hydrogens is 1090 g/mol. The summed E-state index contributed by atoms with van der Waals surface area (Å²) in [6, 6.07) is 14.9. The minimum Gasteiger partial charge on any atom is -0.507 e. The van der Waals surface area contributed by atoms with Gasteiger partial charge in [-0.05, 0) is 51.0 Å². The number of ketones is 6. The Morgan fingerprint density at radius 1 is 0.548 bits per heavy atom. The minimum absolute atomic E-state index is 0.0237.